The van der Waals surface area contributed by atoms with Gasteiger partial charge in [0.2, 0.25) is 11.8 Å². The van der Waals surface area contributed by atoms with Crippen LogP contribution in [0.4, 0.5) is 0 Å². The topological polar surface area (TPSA) is 119 Å². The third-order valence-corrected chi connectivity index (χ3v) is 2.67. The van der Waals surface area contributed by atoms with Crippen LogP contribution in [0.2, 0.25) is 0 Å². The van der Waals surface area contributed by atoms with Gasteiger partial charge >= 0.3 is 5.97 Å². The summed E-state index contributed by atoms with van der Waals surface area (Å²) in [6.07, 6.45) is -1.17. The molecule has 0 radical (unpaired) electrons. The summed E-state index contributed by atoms with van der Waals surface area (Å²) in [5, 5.41) is 11.5. The molecule has 0 aromatic heterocycles. The van der Waals surface area contributed by atoms with E-state index in [2.05, 4.69) is 10.1 Å². The second-order valence-corrected chi connectivity index (χ2v) is 4.22. The van der Waals surface area contributed by atoms with Crippen molar-refractivity contribution in [1.82, 2.24) is 5.32 Å². The number of aliphatic hydroxyl groups is 1. The highest BCUT2D eigenvalue weighted by molar-refractivity contribution is 7.99. The predicted octanol–water partition coefficient (Wildman–Crippen LogP) is -1.75. The average Bonchev–Trinajstić information content (AvgIpc) is 2.30. The number of aliphatic hydroxyl groups excluding tert-OH is 1. The number of rotatable bonds is 8. The molecular weight excluding hydrogens is 248 g/mol. The van der Waals surface area contributed by atoms with Gasteiger partial charge in [0.1, 0.15) is 0 Å². The highest BCUT2D eigenvalue weighted by Crippen LogP contribution is 2.00. The fraction of sp³-hybridized carbons (Fsp3) is 0.667. The summed E-state index contributed by atoms with van der Waals surface area (Å²) in [7, 11) is 1.15. The number of ether oxygens (including phenoxy) is 1. The van der Waals surface area contributed by atoms with Crippen molar-refractivity contribution in [2.75, 3.05) is 25.2 Å². The minimum atomic E-state index is -1.36. The molecule has 1 atom stereocenters. The first kappa shape index (κ1) is 15.7. The van der Waals surface area contributed by atoms with Crippen LogP contribution in [0.15, 0.2) is 0 Å². The van der Waals surface area contributed by atoms with Crippen LogP contribution in [0, 0.1) is 0 Å². The van der Waals surface area contributed by atoms with Crippen molar-refractivity contribution in [3.8, 4) is 0 Å². The quantitative estimate of drug-likeness (QED) is 0.353. The van der Waals surface area contributed by atoms with Gasteiger partial charge in [0.05, 0.1) is 19.4 Å². The molecule has 0 heterocycles. The normalized spacial score (nSPS) is 11.6. The highest BCUT2D eigenvalue weighted by Gasteiger charge is 2.15. The van der Waals surface area contributed by atoms with Gasteiger partial charge in [0, 0.05) is 12.2 Å². The highest BCUT2D eigenvalue weighted by atomic mass is 32.2. The Kier molecular flexibility index (Phi) is 8.16. The van der Waals surface area contributed by atoms with Gasteiger partial charge in [-0.2, -0.15) is 11.8 Å². The second-order valence-electron chi connectivity index (χ2n) is 3.11. The Morgan fingerprint density at radius 1 is 1.47 bits per heavy atom. The summed E-state index contributed by atoms with van der Waals surface area (Å²) in [6, 6.07) is 0. The number of carbonyl (C=O) groups is 3. The SMILES string of the molecule is COC(=O)C(O)CNC(=O)CCSCC(N)=O. The van der Waals surface area contributed by atoms with Gasteiger partial charge in [-0.25, -0.2) is 4.79 Å². The number of carbonyl (C=O) groups excluding carboxylic acids is 3. The van der Waals surface area contributed by atoms with Gasteiger partial charge < -0.3 is 20.9 Å². The molecule has 2 amide bonds. The molecular formula is C9H16N2O5S. The largest absolute Gasteiger partial charge is 0.467 e. The first-order valence-corrected chi connectivity index (χ1v) is 6.01. The van der Waals surface area contributed by atoms with E-state index in [9.17, 15) is 14.4 Å². The maximum atomic E-state index is 11.2. The molecule has 0 bridgehead atoms. The van der Waals surface area contributed by atoms with Crippen molar-refractivity contribution in [1.29, 1.82) is 0 Å². The molecule has 0 aliphatic heterocycles. The molecule has 1 unspecified atom stereocenters. The van der Waals surface area contributed by atoms with E-state index in [0.717, 1.165) is 7.11 Å². The van der Waals surface area contributed by atoms with Crippen LogP contribution in [-0.2, 0) is 19.1 Å². The summed E-state index contributed by atoms with van der Waals surface area (Å²) in [5.74, 6) is -0.934. The monoisotopic (exact) mass is 264 g/mol. The third kappa shape index (κ3) is 8.52. The van der Waals surface area contributed by atoms with Crippen LogP contribution in [0.3, 0.4) is 0 Å². The lowest BCUT2D eigenvalue weighted by Crippen LogP contribution is -2.37. The van der Waals surface area contributed by atoms with E-state index < -0.39 is 18.0 Å². The molecule has 0 aromatic rings. The zero-order chi connectivity index (χ0) is 13.3. The molecule has 0 aliphatic rings. The van der Waals surface area contributed by atoms with Crippen LogP contribution < -0.4 is 11.1 Å². The fourth-order valence-corrected chi connectivity index (χ4v) is 1.53. The lowest BCUT2D eigenvalue weighted by Gasteiger charge is -2.09. The number of hydrogen-bond donors (Lipinski definition) is 3. The van der Waals surface area contributed by atoms with Gasteiger partial charge in [-0.05, 0) is 0 Å². The maximum absolute atomic E-state index is 11.2. The van der Waals surface area contributed by atoms with Gasteiger partial charge in [-0.1, -0.05) is 0 Å². The van der Waals surface area contributed by atoms with Crippen LogP contribution in [-0.4, -0.2) is 54.2 Å². The van der Waals surface area contributed by atoms with E-state index in [1.807, 2.05) is 0 Å². The molecule has 7 nitrogen and oxygen atoms in total. The minimum absolute atomic E-state index is 0.165. The molecule has 17 heavy (non-hydrogen) atoms. The molecule has 8 heteroatoms. The van der Waals surface area contributed by atoms with Gasteiger partial charge in [-0.3, -0.25) is 9.59 Å². The average molecular weight is 264 g/mol. The molecule has 0 aromatic carbocycles. The number of hydrogen-bond acceptors (Lipinski definition) is 6. The summed E-state index contributed by atoms with van der Waals surface area (Å²) >= 11 is 1.25. The van der Waals surface area contributed by atoms with Crippen LogP contribution in [0.25, 0.3) is 0 Å². The Morgan fingerprint density at radius 2 is 2.12 bits per heavy atom. The number of thioether (sulfide) groups is 1. The zero-order valence-corrected chi connectivity index (χ0v) is 10.3. The number of primary amides is 1. The number of nitrogens with one attached hydrogen (secondary N) is 1. The van der Waals surface area contributed by atoms with Crippen molar-refractivity contribution in [2.45, 2.75) is 12.5 Å². The summed E-state index contributed by atoms with van der Waals surface area (Å²) in [4.78, 5) is 32.4. The van der Waals surface area contributed by atoms with Crippen LogP contribution in [0.1, 0.15) is 6.42 Å². The van der Waals surface area contributed by atoms with E-state index in [4.69, 9.17) is 10.8 Å². The van der Waals surface area contributed by atoms with Crippen molar-refractivity contribution in [3.05, 3.63) is 0 Å². The summed E-state index contributed by atoms with van der Waals surface area (Å²) in [6.45, 7) is -0.188. The summed E-state index contributed by atoms with van der Waals surface area (Å²) < 4.78 is 4.27. The fourth-order valence-electron chi connectivity index (χ4n) is 0.856. The molecule has 0 fully saturated rings. The Morgan fingerprint density at radius 3 is 2.65 bits per heavy atom. The molecule has 4 N–H and O–H groups in total. The summed E-state index contributed by atoms with van der Waals surface area (Å²) in [5.41, 5.74) is 4.91. The first-order chi connectivity index (χ1) is 7.97. The van der Waals surface area contributed by atoms with Crippen LogP contribution in [0.5, 0.6) is 0 Å². The Labute approximate surface area is 103 Å². The Hall–Kier alpha value is -1.28. The van der Waals surface area contributed by atoms with Crippen LogP contribution >= 0.6 is 11.8 Å². The Balaban J connectivity index is 3.59. The molecule has 0 rings (SSSR count). The first-order valence-electron chi connectivity index (χ1n) is 4.86. The minimum Gasteiger partial charge on any atom is -0.467 e. The predicted molar refractivity (Wildman–Crippen MR) is 62.2 cm³/mol. The van der Waals surface area contributed by atoms with E-state index >= 15 is 0 Å². The second kappa shape index (κ2) is 8.82. The molecule has 0 saturated heterocycles. The standard InChI is InChI=1S/C9H16N2O5S/c1-16-9(15)6(12)4-11-8(14)2-3-17-5-7(10)13/h6,12H,2-5H2,1H3,(H2,10,13)(H,11,14). The molecule has 0 saturated carbocycles. The number of methoxy groups -OCH3 is 1. The van der Waals surface area contributed by atoms with Gasteiger partial charge in [0.25, 0.3) is 0 Å². The smallest absolute Gasteiger partial charge is 0.336 e. The van der Waals surface area contributed by atoms with E-state index in [-0.39, 0.29) is 24.6 Å². The number of nitrogens with two attached hydrogens (primary N) is 1. The van der Waals surface area contributed by atoms with Crippen molar-refractivity contribution in [2.24, 2.45) is 5.73 Å². The number of amides is 2. The van der Waals surface area contributed by atoms with Crippen molar-refractivity contribution in [3.63, 3.8) is 0 Å². The van der Waals surface area contributed by atoms with E-state index in [1.165, 1.54) is 11.8 Å². The third-order valence-electron chi connectivity index (χ3n) is 1.68. The lowest BCUT2D eigenvalue weighted by atomic mass is 10.3. The lowest BCUT2D eigenvalue weighted by molar-refractivity contribution is -0.150. The van der Waals surface area contributed by atoms with E-state index in [1.54, 1.807) is 0 Å². The van der Waals surface area contributed by atoms with Gasteiger partial charge in [-0.15, -0.1) is 0 Å². The maximum Gasteiger partial charge on any atom is 0.336 e. The number of esters is 1. The van der Waals surface area contributed by atoms with Crippen molar-refractivity contribution < 1.29 is 24.2 Å². The van der Waals surface area contributed by atoms with Crippen molar-refractivity contribution >= 4 is 29.5 Å². The zero-order valence-electron chi connectivity index (χ0n) is 9.47. The van der Waals surface area contributed by atoms with E-state index in [0.29, 0.717) is 5.75 Å². The molecule has 0 aliphatic carbocycles. The molecule has 98 valence electrons. The molecule has 0 spiro atoms. The Bertz CT molecular complexity index is 285. The van der Waals surface area contributed by atoms with Gasteiger partial charge in [0.15, 0.2) is 6.10 Å².